The number of hydrogen-bond donors (Lipinski definition) is 2. The smallest absolute Gasteiger partial charge is 0.317 e. The molecule has 9 heteroatoms. The summed E-state index contributed by atoms with van der Waals surface area (Å²) in [5.74, 6) is 0.163. The van der Waals surface area contributed by atoms with Crippen LogP contribution in [0.3, 0.4) is 0 Å². The van der Waals surface area contributed by atoms with Crippen LogP contribution in [0.2, 0.25) is 0 Å². The Morgan fingerprint density at radius 3 is 2.95 bits per heavy atom. The summed E-state index contributed by atoms with van der Waals surface area (Å²) in [7, 11) is -3.18. The molecule has 2 amide bonds. The van der Waals surface area contributed by atoms with Crippen molar-refractivity contribution in [2.24, 2.45) is 5.92 Å². The molecule has 0 aliphatic carbocycles. The van der Waals surface area contributed by atoms with E-state index in [1.807, 2.05) is 12.3 Å². The first kappa shape index (κ1) is 17.2. The number of piperidine rings is 1. The fraction of sp³-hybridized carbons (Fsp3) is 0.692. The maximum absolute atomic E-state index is 12.2. The summed E-state index contributed by atoms with van der Waals surface area (Å²) in [6.45, 7) is 4.02. The Morgan fingerprint density at radius 1 is 1.55 bits per heavy atom. The zero-order chi connectivity index (χ0) is 16.2. The van der Waals surface area contributed by atoms with Crippen LogP contribution in [0.15, 0.2) is 5.38 Å². The van der Waals surface area contributed by atoms with Crippen LogP contribution in [-0.4, -0.2) is 50.2 Å². The summed E-state index contributed by atoms with van der Waals surface area (Å²) in [6, 6.07) is -0.114. The molecule has 0 saturated carbocycles. The van der Waals surface area contributed by atoms with E-state index in [4.69, 9.17) is 0 Å². The Bertz CT molecular complexity index is 615. The second-order valence-electron chi connectivity index (χ2n) is 5.62. The standard InChI is InChI=1S/C13H22N4O3S2/c1-10-9-21-12(16-10)7-14-13(18)17-5-3-4-11(8-17)6-15-22(2,19)20/h9,11,15H,3-8H2,1-2H3,(H,14,18). The highest BCUT2D eigenvalue weighted by atomic mass is 32.2. The number of aryl methyl sites for hydroxylation is 1. The Hall–Kier alpha value is -1.19. The molecular formula is C13H22N4O3S2. The number of carbonyl (C=O) groups excluding carboxylic acids is 1. The number of carbonyl (C=O) groups is 1. The van der Waals surface area contributed by atoms with Crippen LogP contribution < -0.4 is 10.0 Å². The van der Waals surface area contributed by atoms with Gasteiger partial charge in [-0.15, -0.1) is 11.3 Å². The molecule has 1 saturated heterocycles. The van der Waals surface area contributed by atoms with Crippen LogP contribution in [0.4, 0.5) is 4.79 Å². The zero-order valence-corrected chi connectivity index (χ0v) is 14.5. The molecule has 0 spiro atoms. The average Bonchev–Trinajstić information content (AvgIpc) is 2.88. The molecule has 2 rings (SSSR count). The maximum Gasteiger partial charge on any atom is 0.317 e. The van der Waals surface area contributed by atoms with E-state index in [0.717, 1.165) is 29.8 Å². The number of amides is 2. The fourth-order valence-corrected chi connectivity index (χ4v) is 3.68. The number of rotatable bonds is 5. The minimum Gasteiger partial charge on any atom is -0.331 e. The van der Waals surface area contributed by atoms with Gasteiger partial charge in [0.1, 0.15) is 5.01 Å². The van der Waals surface area contributed by atoms with Gasteiger partial charge in [0.15, 0.2) is 0 Å². The lowest BCUT2D eigenvalue weighted by molar-refractivity contribution is 0.166. The summed E-state index contributed by atoms with van der Waals surface area (Å²) in [5, 5.41) is 5.71. The van der Waals surface area contributed by atoms with Crippen molar-refractivity contribution in [2.45, 2.75) is 26.3 Å². The minimum atomic E-state index is -3.18. The van der Waals surface area contributed by atoms with Gasteiger partial charge in [0.2, 0.25) is 10.0 Å². The van der Waals surface area contributed by atoms with E-state index in [1.54, 1.807) is 4.90 Å². The molecule has 7 nitrogen and oxygen atoms in total. The molecular weight excluding hydrogens is 324 g/mol. The molecule has 0 aromatic carbocycles. The molecule has 2 heterocycles. The normalized spacial score (nSPS) is 19.2. The summed E-state index contributed by atoms with van der Waals surface area (Å²) in [5.41, 5.74) is 0.958. The van der Waals surface area contributed by atoms with E-state index >= 15 is 0 Å². The van der Waals surface area contributed by atoms with Gasteiger partial charge in [-0.05, 0) is 25.7 Å². The van der Waals surface area contributed by atoms with Crippen molar-refractivity contribution in [3.05, 3.63) is 16.1 Å². The third-order valence-corrected chi connectivity index (χ3v) is 5.16. The molecule has 1 aliphatic heterocycles. The summed E-state index contributed by atoms with van der Waals surface area (Å²) in [6.07, 6.45) is 2.97. The summed E-state index contributed by atoms with van der Waals surface area (Å²) < 4.78 is 24.8. The van der Waals surface area contributed by atoms with Gasteiger partial charge in [-0.3, -0.25) is 0 Å². The second kappa shape index (κ2) is 7.38. The number of likely N-dealkylation sites (tertiary alicyclic amines) is 1. The monoisotopic (exact) mass is 346 g/mol. The van der Waals surface area contributed by atoms with E-state index in [1.165, 1.54) is 11.3 Å². The minimum absolute atomic E-state index is 0.114. The lowest BCUT2D eigenvalue weighted by atomic mass is 9.99. The van der Waals surface area contributed by atoms with Crippen molar-refractivity contribution < 1.29 is 13.2 Å². The van der Waals surface area contributed by atoms with Crippen LogP contribution in [0.5, 0.6) is 0 Å². The van der Waals surface area contributed by atoms with E-state index < -0.39 is 10.0 Å². The third kappa shape index (κ3) is 5.54. The Balaban J connectivity index is 1.79. The first-order valence-electron chi connectivity index (χ1n) is 7.22. The topological polar surface area (TPSA) is 91.4 Å². The predicted octanol–water partition coefficient (Wildman–Crippen LogP) is 0.922. The zero-order valence-electron chi connectivity index (χ0n) is 12.8. The van der Waals surface area contributed by atoms with Crippen molar-refractivity contribution in [3.63, 3.8) is 0 Å². The van der Waals surface area contributed by atoms with Gasteiger partial charge >= 0.3 is 6.03 Å². The van der Waals surface area contributed by atoms with E-state index in [0.29, 0.717) is 26.2 Å². The van der Waals surface area contributed by atoms with Crippen molar-refractivity contribution in [2.75, 3.05) is 25.9 Å². The van der Waals surface area contributed by atoms with Gasteiger partial charge in [0.05, 0.1) is 12.8 Å². The van der Waals surface area contributed by atoms with Crippen molar-refractivity contribution >= 4 is 27.4 Å². The lowest BCUT2D eigenvalue weighted by Crippen LogP contribution is -2.47. The molecule has 0 bridgehead atoms. The highest BCUT2D eigenvalue weighted by Crippen LogP contribution is 2.16. The lowest BCUT2D eigenvalue weighted by Gasteiger charge is -2.32. The number of sulfonamides is 1. The second-order valence-corrected chi connectivity index (χ2v) is 8.39. The molecule has 1 fully saturated rings. The van der Waals surface area contributed by atoms with Crippen molar-refractivity contribution in [1.82, 2.24) is 19.9 Å². The molecule has 1 atom stereocenters. The Labute approximate surface area is 135 Å². The van der Waals surface area contributed by atoms with E-state index in [9.17, 15) is 13.2 Å². The quantitative estimate of drug-likeness (QED) is 0.829. The molecule has 124 valence electrons. The van der Waals surface area contributed by atoms with Crippen LogP contribution >= 0.6 is 11.3 Å². The molecule has 22 heavy (non-hydrogen) atoms. The largest absolute Gasteiger partial charge is 0.331 e. The number of thiazole rings is 1. The highest BCUT2D eigenvalue weighted by Gasteiger charge is 2.24. The number of nitrogens with one attached hydrogen (secondary N) is 2. The molecule has 1 aromatic heterocycles. The summed E-state index contributed by atoms with van der Waals surface area (Å²) >= 11 is 1.53. The Kier molecular flexibility index (Phi) is 5.76. The highest BCUT2D eigenvalue weighted by molar-refractivity contribution is 7.88. The SMILES string of the molecule is Cc1csc(CNC(=O)N2CCCC(CNS(C)(=O)=O)C2)n1. The van der Waals surface area contributed by atoms with Gasteiger partial charge < -0.3 is 10.2 Å². The van der Waals surface area contributed by atoms with Crippen LogP contribution in [-0.2, 0) is 16.6 Å². The van der Waals surface area contributed by atoms with Crippen LogP contribution in [0, 0.1) is 12.8 Å². The van der Waals surface area contributed by atoms with Crippen LogP contribution in [0.1, 0.15) is 23.5 Å². The molecule has 1 unspecified atom stereocenters. The van der Waals surface area contributed by atoms with Crippen molar-refractivity contribution in [1.29, 1.82) is 0 Å². The molecule has 1 aromatic rings. The number of urea groups is 1. The third-order valence-electron chi connectivity index (χ3n) is 3.50. The van der Waals surface area contributed by atoms with E-state index in [-0.39, 0.29) is 11.9 Å². The number of aromatic nitrogens is 1. The predicted molar refractivity (Wildman–Crippen MR) is 86.2 cm³/mol. The van der Waals surface area contributed by atoms with Gasteiger partial charge in [-0.25, -0.2) is 22.9 Å². The Morgan fingerprint density at radius 2 is 2.32 bits per heavy atom. The van der Waals surface area contributed by atoms with Crippen LogP contribution in [0.25, 0.3) is 0 Å². The van der Waals surface area contributed by atoms with Gasteiger partial charge in [-0.1, -0.05) is 0 Å². The number of nitrogens with zero attached hydrogens (tertiary/aromatic N) is 2. The van der Waals surface area contributed by atoms with Crippen molar-refractivity contribution in [3.8, 4) is 0 Å². The molecule has 0 radical (unpaired) electrons. The molecule has 1 aliphatic rings. The first-order valence-corrected chi connectivity index (χ1v) is 9.99. The van der Waals surface area contributed by atoms with Gasteiger partial charge in [0.25, 0.3) is 0 Å². The van der Waals surface area contributed by atoms with Gasteiger partial charge in [-0.2, -0.15) is 0 Å². The molecule has 2 N–H and O–H groups in total. The number of hydrogen-bond acceptors (Lipinski definition) is 5. The summed E-state index contributed by atoms with van der Waals surface area (Å²) in [4.78, 5) is 18.2. The average molecular weight is 346 g/mol. The first-order chi connectivity index (χ1) is 10.3. The van der Waals surface area contributed by atoms with E-state index in [2.05, 4.69) is 15.0 Å². The van der Waals surface area contributed by atoms with Gasteiger partial charge in [0, 0.05) is 30.7 Å². The fourth-order valence-electron chi connectivity index (χ4n) is 2.43. The maximum atomic E-state index is 12.2.